The topological polar surface area (TPSA) is 76.6 Å². The van der Waals surface area contributed by atoms with Crippen molar-refractivity contribution >= 4 is 57.8 Å². The fourth-order valence-corrected chi connectivity index (χ4v) is 6.40. The highest BCUT2D eigenvalue weighted by atomic mass is 35.5. The van der Waals surface area contributed by atoms with E-state index in [4.69, 9.17) is 27.7 Å². The van der Waals surface area contributed by atoms with E-state index in [1.54, 1.807) is 31.3 Å². The zero-order valence-corrected chi connectivity index (χ0v) is 18.1. The normalized spacial score (nSPS) is 12.8. The number of rotatable bonds is 7. The van der Waals surface area contributed by atoms with Gasteiger partial charge >= 0.3 is 0 Å². The number of pyridine rings is 1. The van der Waals surface area contributed by atoms with Crippen molar-refractivity contribution in [1.29, 1.82) is 0 Å². The van der Waals surface area contributed by atoms with Gasteiger partial charge in [-0.1, -0.05) is 41.4 Å². The Morgan fingerprint density at radius 1 is 1.11 bits per heavy atom. The summed E-state index contributed by atoms with van der Waals surface area (Å²) in [5.41, 5.74) is 0.764. The van der Waals surface area contributed by atoms with Gasteiger partial charge in [-0.15, -0.1) is 0 Å². The lowest BCUT2D eigenvalue weighted by atomic mass is 10.2. The molecule has 0 N–H and O–H groups in total. The Hall–Kier alpha value is -1.63. The predicted octanol–water partition coefficient (Wildman–Crippen LogP) is 5.21. The average Bonchev–Trinajstić information content (AvgIpc) is 2.65. The van der Waals surface area contributed by atoms with E-state index >= 15 is 0 Å². The van der Waals surface area contributed by atoms with Gasteiger partial charge in [-0.25, -0.2) is 8.42 Å². The van der Waals surface area contributed by atoms with Crippen LogP contribution in [0.4, 0.5) is 5.69 Å². The zero-order valence-electron chi connectivity index (χ0n) is 14.8. The molecule has 0 bridgehead atoms. The largest absolute Gasteiger partial charge is 0.330 e. The summed E-state index contributed by atoms with van der Waals surface area (Å²) in [7, 11) is -6.79. The molecule has 6 nitrogen and oxygen atoms in total. The van der Waals surface area contributed by atoms with E-state index in [9.17, 15) is 13.0 Å². The van der Waals surface area contributed by atoms with Gasteiger partial charge in [0.15, 0.2) is 0 Å². The maximum absolute atomic E-state index is 13.4. The lowest BCUT2D eigenvalue weighted by Crippen LogP contribution is -2.31. The van der Waals surface area contributed by atoms with Crippen LogP contribution in [-0.4, -0.2) is 26.3 Å². The highest BCUT2D eigenvalue weighted by Crippen LogP contribution is 2.36. The fraction of sp³-hybridized carbons (Fsp3) is 0.167. The van der Waals surface area contributed by atoms with E-state index in [2.05, 4.69) is 4.98 Å². The van der Waals surface area contributed by atoms with E-state index < -0.39 is 18.1 Å². The number of halogens is 2. The summed E-state index contributed by atoms with van der Waals surface area (Å²) in [5.74, 6) is 0. The first-order valence-corrected chi connectivity index (χ1v) is 12.0. The molecule has 0 fully saturated rings. The van der Waals surface area contributed by atoms with Crippen molar-refractivity contribution in [1.82, 2.24) is 4.98 Å². The number of benzene rings is 2. The number of hydrogen-bond donors (Lipinski definition) is 0. The maximum Gasteiger partial charge on any atom is 0.264 e. The second-order valence-electron chi connectivity index (χ2n) is 5.77. The van der Waals surface area contributed by atoms with Gasteiger partial charge in [-0.05, 0) is 37.3 Å². The minimum Gasteiger partial charge on any atom is -0.330 e. The van der Waals surface area contributed by atoms with Crippen LogP contribution in [0.3, 0.4) is 0 Å². The summed E-state index contributed by atoms with van der Waals surface area (Å²) in [5, 5.41) is 1.11. The molecule has 2 aromatic carbocycles. The van der Waals surface area contributed by atoms with Crippen LogP contribution in [0.15, 0.2) is 59.6 Å². The molecule has 1 aromatic heterocycles. The standard InChI is InChI=1S/C18H17Cl2N2O4PS/c1-2-26-27(23)12-22(17-7-3-5-13-6-4-8-21-18(13)17)28(24,25)16-10-14(19)9-15(20)11-16/h3-11,27H,2,12H2,1H3. The van der Waals surface area contributed by atoms with E-state index in [0.717, 1.165) is 9.69 Å². The first kappa shape index (κ1) is 21.1. The Bertz CT molecular complexity index is 1120. The number of sulfonamides is 1. The average molecular weight is 459 g/mol. The molecular formula is C18H17Cl2N2O4PS. The van der Waals surface area contributed by atoms with Crippen LogP contribution in [-0.2, 0) is 19.1 Å². The van der Waals surface area contributed by atoms with Gasteiger partial charge in [0.1, 0.15) is 6.29 Å². The smallest absolute Gasteiger partial charge is 0.264 e. The van der Waals surface area contributed by atoms with E-state index in [1.807, 2.05) is 12.1 Å². The number of hydrogen-bond acceptors (Lipinski definition) is 5. The molecule has 0 aliphatic carbocycles. The molecule has 1 heterocycles. The van der Waals surface area contributed by atoms with Crippen molar-refractivity contribution in [2.45, 2.75) is 11.8 Å². The third-order valence-corrected chi connectivity index (χ3v) is 7.47. The van der Waals surface area contributed by atoms with Gasteiger partial charge in [0.25, 0.3) is 10.0 Å². The number of nitrogens with zero attached hydrogens (tertiary/aromatic N) is 2. The molecule has 0 radical (unpaired) electrons. The van der Waals surface area contributed by atoms with Gasteiger partial charge in [0.05, 0.1) is 22.7 Å². The SMILES string of the molecule is CCO[PH](=O)CN(c1cccc2cccnc12)S(=O)(=O)c1cc(Cl)cc(Cl)c1. The van der Waals surface area contributed by atoms with Crippen LogP contribution in [0, 0.1) is 0 Å². The summed E-state index contributed by atoms with van der Waals surface area (Å²) in [6.45, 7) is 1.90. The van der Waals surface area contributed by atoms with Crippen LogP contribution in [0.25, 0.3) is 10.9 Å². The molecule has 0 aliphatic rings. The van der Waals surface area contributed by atoms with Gasteiger partial charge in [0.2, 0.25) is 8.03 Å². The number of aromatic nitrogens is 1. The number of fused-ring (bicyclic) bond motifs is 1. The van der Waals surface area contributed by atoms with E-state index in [-0.39, 0.29) is 27.8 Å². The fourth-order valence-electron chi connectivity index (χ4n) is 2.72. The summed E-state index contributed by atoms with van der Waals surface area (Å²) in [6.07, 6.45) is 1.24. The molecular weight excluding hydrogens is 442 g/mol. The zero-order chi connectivity index (χ0) is 20.3. The molecule has 148 valence electrons. The summed E-state index contributed by atoms with van der Waals surface area (Å²) < 4.78 is 45.4. The van der Waals surface area contributed by atoms with Gasteiger partial charge in [-0.3, -0.25) is 13.9 Å². The van der Waals surface area contributed by atoms with Crippen molar-refractivity contribution in [2.24, 2.45) is 0 Å². The molecule has 3 aromatic rings. The Morgan fingerprint density at radius 3 is 2.46 bits per heavy atom. The molecule has 0 aliphatic heterocycles. The Morgan fingerprint density at radius 2 is 1.79 bits per heavy atom. The van der Waals surface area contributed by atoms with Crippen molar-refractivity contribution in [2.75, 3.05) is 17.2 Å². The quantitative estimate of drug-likeness (QED) is 0.454. The van der Waals surface area contributed by atoms with Crippen LogP contribution in [0.5, 0.6) is 0 Å². The minimum absolute atomic E-state index is 0.107. The lowest BCUT2D eigenvalue weighted by Gasteiger charge is -2.25. The maximum atomic E-state index is 13.4. The predicted molar refractivity (Wildman–Crippen MR) is 113 cm³/mol. The third kappa shape index (κ3) is 4.50. The number of para-hydroxylation sites is 1. The molecule has 0 saturated heterocycles. The van der Waals surface area contributed by atoms with Gasteiger partial charge in [0, 0.05) is 21.6 Å². The first-order valence-electron chi connectivity index (χ1n) is 8.31. The highest BCUT2D eigenvalue weighted by Gasteiger charge is 2.29. The monoisotopic (exact) mass is 458 g/mol. The molecule has 0 amide bonds. The second-order valence-corrected chi connectivity index (χ2v) is 9.86. The molecule has 0 spiro atoms. The van der Waals surface area contributed by atoms with Crippen LogP contribution in [0.2, 0.25) is 10.0 Å². The molecule has 10 heteroatoms. The van der Waals surface area contributed by atoms with E-state index in [0.29, 0.717) is 11.2 Å². The van der Waals surface area contributed by atoms with Crippen molar-refractivity contribution in [3.05, 3.63) is 64.8 Å². The Balaban J connectivity index is 2.20. The minimum atomic E-state index is -4.13. The summed E-state index contributed by atoms with van der Waals surface area (Å²) >= 11 is 12.0. The first-order chi connectivity index (χ1) is 13.3. The second kappa shape index (κ2) is 8.80. The number of anilines is 1. The van der Waals surface area contributed by atoms with Gasteiger partial charge in [-0.2, -0.15) is 0 Å². The van der Waals surface area contributed by atoms with Crippen LogP contribution < -0.4 is 4.31 Å². The van der Waals surface area contributed by atoms with Gasteiger partial charge < -0.3 is 4.52 Å². The Kier molecular flexibility index (Phi) is 6.63. The summed E-state index contributed by atoms with van der Waals surface area (Å²) in [6, 6.07) is 12.7. The third-order valence-electron chi connectivity index (χ3n) is 3.88. The highest BCUT2D eigenvalue weighted by molar-refractivity contribution is 7.93. The van der Waals surface area contributed by atoms with Crippen LogP contribution >= 0.6 is 31.2 Å². The molecule has 28 heavy (non-hydrogen) atoms. The molecule has 1 atom stereocenters. The lowest BCUT2D eigenvalue weighted by molar-refractivity contribution is 0.351. The molecule has 0 saturated carbocycles. The van der Waals surface area contributed by atoms with E-state index in [1.165, 1.54) is 18.2 Å². The van der Waals surface area contributed by atoms with Crippen molar-refractivity contribution < 1.29 is 17.5 Å². The van der Waals surface area contributed by atoms with Crippen molar-refractivity contribution in [3.63, 3.8) is 0 Å². The van der Waals surface area contributed by atoms with Crippen LogP contribution in [0.1, 0.15) is 6.92 Å². The Labute approximate surface area is 174 Å². The summed E-state index contributed by atoms with van der Waals surface area (Å²) in [4.78, 5) is 4.20. The molecule has 1 unspecified atom stereocenters. The molecule has 3 rings (SSSR count). The van der Waals surface area contributed by atoms with Crippen molar-refractivity contribution in [3.8, 4) is 0 Å².